The summed E-state index contributed by atoms with van der Waals surface area (Å²) in [6.45, 7) is 0. The van der Waals surface area contributed by atoms with Crippen molar-refractivity contribution in [2.24, 2.45) is 0 Å². The highest BCUT2D eigenvalue weighted by molar-refractivity contribution is 6.29. The van der Waals surface area contributed by atoms with Gasteiger partial charge in [0.1, 0.15) is 22.1 Å². The van der Waals surface area contributed by atoms with Crippen molar-refractivity contribution in [1.82, 2.24) is 9.97 Å². The van der Waals surface area contributed by atoms with Crippen LogP contribution in [0.15, 0.2) is 47.4 Å². The summed E-state index contributed by atoms with van der Waals surface area (Å²) in [6.07, 6.45) is 2.18. The molecule has 8 nitrogen and oxygen atoms in total. The molecule has 2 heterocycles. The number of carboxylic acid groups (broad SMARTS) is 2. The van der Waals surface area contributed by atoms with Gasteiger partial charge < -0.3 is 20.9 Å². The number of H-pyrrole nitrogens is 1. The molecule has 0 bridgehead atoms. The number of carboxylic acids is 2. The van der Waals surface area contributed by atoms with Gasteiger partial charge in [-0.15, -0.1) is 0 Å². The molecule has 0 atom stereocenters. The highest BCUT2D eigenvalue weighted by Crippen LogP contribution is 2.29. The fraction of sp³-hybridized carbons (Fsp3) is 0.0526. The van der Waals surface area contributed by atoms with E-state index in [0.717, 1.165) is 11.1 Å². The first kappa shape index (κ1) is 19.1. The number of nitrogens with one attached hydrogen (secondary N) is 1. The molecule has 1 aromatic carbocycles. The maximum Gasteiger partial charge on any atom is 0.342 e. The van der Waals surface area contributed by atoms with E-state index in [2.05, 4.69) is 9.97 Å². The van der Waals surface area contributed by atoms with Crippen LogP contribution in [0.25, 0.3) is 11.1 Å². The van der Waals surface area contributed by atoms with E-state index in [-0.39, 0.29) is 11.1 Å². The second kappa shape index (κ2) is 7.53. The van der Waals surface area contributed by atoms with Gasteiger partial charge in [-0.3, -0.25) is 4.79 Å². The minimum atomic E-state index is -1.55. The van der Waals surface area contributed by atoms with Gasteiger partial charge in [0.25, 0.3) is 5.56 Å². The number of rotatable bonds is 5. The van der Waals surface area contributed by atoms with Crippen LogP contribution < -0.4 is 11.3 Å². The van der Waals surface area contributed by atoms with Crippen molar-refractivity contribution in [2.45, 2.75) is 6.42 Å². The van der Waals surface area contributed by atoms with E-state index in [1.54, 1.807) is 36.5 Å². The zero-order valence-electron chi connectivity index (χ0n) is 14.3. The lowest BCUT2D eigenvalue weighted by atomic mass is 9.94. The van der Waals surface area contributed by atoms with Crippen molar-refractivity contribution in [3.05, 3.63) is 80.4 Å². The molecule has 142 valence electrons. The molecule has 3 rings (SSSR count). The second-order valence-corrected chi connectivity index (χ2v) is 6.35. The Morgan fingerprint density at radius 1 is 1.00 bits per heavy atom. The first-order valence-electron chi connectivity index (χ1n) is 8.00. The molecular formula is C19H14ClN3O5. The van der Waals surface area contributed by atoms with Crippen LogP contribution in [0.1, 0.15) is 31.8 Å². The molecule has 2 aromatic heterocycles. The Balaban J connectivity index is 2.08. The number of pyridine rings is 2. The molecule has 28 heavy (non-hydrogen) atoms. The Morgan fingerprint density at radius 3 is 2.14 bits per heavy atom. The molecular weight excluding hydrogens is 386 g/mol. The number of nitrogens with zero attached hydrogens (tertiary/aromatic N) is 1. The summed E-state index contributed by atoms with van der Waals surface area (Å²) in [4.78, 5) is 41.3. The first-order chi connectivity index (χ1) is 13.3. The number of benzene rings is 1. The number of carbonyl (C=O) groups is 2. The molecule has 0 spiro atoms. The predicted octanol–water partition coefficient (Wildman–Crippen LogP) is 2.66. The summed E-state index contributed by atoms with van der Waals surface area (Å²) in [5.41, 5.74) is 5.32. The van der Waals surface area contributed by atoms with Crippen molar-refractivity contribution in [3.8, 4) is 11.1 Å². The molecule has 0 fully saturated rings. The van der Waals surface area contributed by atoms with Crippen LogP contribution in [-0.4, -0.2) is 32.1 Å². The lowest BCUT2D eigenvalue weighted by Crippen LogP contribution is -2.24. The Labute approximate surface area is 163 Å². The third-order valence-corrected chi connectivity index (χ3v) is 4.34. The molecule has 9 heteroatoms. The van der Waals surface area contributed by atoms with Crippen LogP contribution in [-0.2, 0) is 6.42 Å². The fourth-order valence-electron chi connectivity index (χ4n) is 2.87. The Morgan fingerprint density at radius 2 is 1.61 bits per heavy atom. The maximum atomic E-state index is 12.1. The van der Waals surface area contributed by atoms with E-state index in [4.69, 9.17) is 17.3 Å². The summed E-state index contributed by atoms with van der Waals surface area (Å²) in [5, 5.41) is 19.3. The average Bonchev–Trinajstić information content (AvgIpc) is 2.63. The van der Waals surface area contributed by atoms with E-state index >= 15 is 0 Å². The van der Waals surface area contributed by atoms with Crippen molar-refractivity contribution in [3.63, 3.8) is 0 Å². The Bertz CT molecular complexity index is 1120. The summed E-state index contributed by atoms with van der Waals surface area (Å²) in [7, 11) is 0. The SMILES string of the molecule is Nc1[nH]c(=O)c(C(=O)O)c(-c2ccc(Cc3ccc(Cl)nc3)cc2)c1C(=O)O. The highest BCUT2D eigenvalue weighted by Gasteiger charge is 2.26. The molecule has 0 saturated heterocycles. The molecule has 0 unspecified atom stereocenters. The van der Waals surface area contributed by atoms with Crippen LogP contribution in [0.4, 0.5) is 5.82 Å². The van der Waals surface area contributed by atoms with Gasteiger partial charge in [0.2, 0.25) is 0 Å². The van der Waals surface area contributed by atoms with Gasteiger partial charge in [0, 0.05) is 11.8 Å². The largest absolute Gasteiger partial charge is 0.478 e. The normalized spacial score (nSPS) is 10.6. The van der Waals surface area contributed by atoms with Gasteiger partial charge in [0.15, 0.2) is 0 Å². The first-order valence-corrected chi connectivity index (χ1v) is 8.37. The van der Waals surface area contributed by atoms with Gasteiger partial charge in [0.05, 0.1) is 0 Å². The fourth-order valence-corrected chi connectivity index (χ4v) is 2.98. The second-order valence-electron chi connectivity index (χ2n) is 5.97. The van der Waals surface area contributed by atoms with Crippen molar-refractivity contribution >= 4 is 29.4 Å². The smallest absolute Gasteiger partial charge is 0.342 e. The van der Waals surface area contributed by atoms with Crippen LogP contribution in [0.2, 0.25) is 5.15 Å². The van der Waals surface area contributed by atoms with Crippen molar-refractivity contribution in [2.75, 3.05) is 5.73 Å². The van der Waals surface area contributed by atoms with Crippen molar-refractivity contribution in [1.29, 1.82) is 0 Å². The number of halogens is 1. The number of aromatic carboxylic acids is 2. The maximum absolute atomic E-state index is 12.1. The van der Waals surface area contributed by atoms with E-state index in [0.29, 0.717) is 11.6 Å². The minimum Gasteiger partial charge on any atom is -0.478 e. The van der Waals surface area contributed by atoms with E-state index in [9.17, 15) is 24.6 Å². The lowest BCUT2D eigenvalue weighted by Gasteiger charge is -2.12. The number of aromatic nitrogens is 2. The Hall–Kier alpha value is -3.65. The number of nitrogens with two attached hydrogens (primary N) is 1. The standard InChI is InChI=1S/C19H14ClN3O5/c20-12-6-3-10(8-22-12)7-9-1-4-11(5-2-9)13-14(18(25)26)16(21)23-17(24)15(13)19(27)28/h1-6,8H,7H2,(H,25,26)(H,27,28)(H3,21,23,24). The van der Waals surface area contributed by atoms with Gasteiger partial charge in [-0.1, -0.05) is 41.9 Å². The third kappa shape index (κ3) is 3.72. The minimum absolute atomic E-state index is 0.235. The summed E-state index contributed by atoms with van der Waals surface area (Å²) >= 11 is 5.76. The van der Waals surface area contributed by atoms with Crippen LogP contribution in [0, 0.1) is 0 Å². The lowest BCUT2D eigenvalue weighted by molar-refractivity contribution is 0.0695. The van der Waals surface area contributed by atoms with Gasteiger partial charge >= 0.3 is 11.9 Å². The number of hydrogen-bond donors (Lipinski definition) is 4. The van der Waals surface area contributed by atoms with Crippen LogP contribution in [0.5, 0.6) is 0 Å². The van der Waals surface area contributed by atoms with E-state index in [1.165, 1.54) is 0 Å². The molecule has 0 radical (unpaired) electrons. The predicted molar refractivity (Wildman–Crippen MR) is 103 cm³/mol. The van der Waals surface area contributed by atoms with Crippen molar-refractivity contribution < 1.29 is 19.8 Å². The van der Waals surface area contributed by atoms with Gasteiger partial charge in [-0.25, -0.2) is 14.6 Å². The molecule has 3 aromatic rings. The topological polar surface area (TPSA) is 146 Å². The molecule has 0 saturated carbocycles. The summed E-state index contributed by atoms with van der Waals surface area (Å²) in [5.74, 6) is -3.40. The molecule has 0 aliphatic heterocycles. The zero-order chi connectivity index (χ0) is 20.4. The number of nitrogen functional groups attached to an aromatic ring is 1. The summed E-state index contributed by atoms with van der Waals surface area (Å²) in [6, 6.07) is 10.0. The average molecular weight is 400 g/mol. The molecule has 0 aliphatic carbocycles. The number of anilines is 1. The third-order valence-electron chi connectivity index (χ3n) is 4.11. The number of hydrogen-bond acceptors (Lipinski definition) is 5. The Kier molecular flexibility index (Phi) is 5.14. The van der Waals surface area contributed by atoms with Crippen LogP contribution >= 0.6 is 11.6 Å². The number of aromatic amines is 1. The van der Waals surface area contributed by atoms with Gasteiger partial charge in [-0.2, -0.15) is 0 Å². The monoisotopic (exact) mass is 399 g/mol. The van der Waals surface area contributed by atoms with Crippen LogP contribution in [0.3, 0.4) is 0 Å². The quantitative estimate of drug-likeness (QED) is 0.482. The highest BCUT2D eigenvalue weighted by atomic mass is 35.5. The van der Waals surface area contributed by atoms with Gasteiger partial charge in [-0.05, 0) is 29.2 Å². The molecule has 0 aliphatic rings. The zero-order valence-corrected chi connectivity index (χ0v) is 15.0. The molecule has 0 amide bonds. The summed E-state index contributed by atoms with van der Waals surface area (Å²) < 4.78 is 0. The van der Waals surface area contributed by atoms with E-state index < -0.39 is 34.4 Å². The van der Waals surface area contributed by atoms with E-state index in [1.807, 2.05) is 6.07 Å². The molecule has 5 N–H and O–H groups in total.